The summed E-state index contributed by atoms with van der Waals surface area (Å²) in [6.07, 6.45) is 2.35. The molecule has 0 bridgehead atoms. The molecule has 0 radical (unpaired) electrons. The summed E-state index contributed by atoms with van der Waals surface area (Å²) in [4.78, 5) is 14.5. The summed E-state index contributed by atoms with van der Waals surface area (Å²) >= 11 is 0. The van der Waals surface area contributed by atoms with E-state index in [1.165, 1.54) is 0 Å². The first-order chi connectivity index (χ1) is 7.69. The fraction of sp³-hybridized carbons (Fsp3) is 0.300. The van der Waals surface area contributed by atoms with Gasteiger partial charge in [-0.25, -0.2) is 14.3 Å². The average Bonchev–Trinajstić information content (AvgIpc) is 2.58. The summed E-state index contributed by atoms with van der Waals surface area (Å²) in [6.45, 7) is 2.08. The maximum Gasteiger partial charge on any atom is 0.410 e. The number of imidazole rings is 1. The van der Waals surface area contributed by atoms with E-state index in [9.17, 15) is 4.79 Å². The summed E-state index contributed by atoms with van der Waals surface area (Å²) in [6, 6.07) is 3.72. The van der Waals surface area contributed by atoms with Gasteiger partial charge in [0.15, 0.2) is 11.5 Å². The average molecular weight is 220 g/mol. The van der Waals surface area contributed by atoms with Crippen molar-refractivity contribution in [3.05, 3.63) is 24.0 Å². The minimum atomic E-state index is -1.13. The minimum Gasteiger partial charge on any atom is -0.465 e. The molecule has 6 heteroatoms. The number of fused-ring (bicyclic) bond motifs is 1. The number of aromatic nitrogens is 3. The van der Waals surface area contributed by atoms with Gasteiger partial charge in [-0.1, -0.05) is 13.3 Å². The Kier molecular flexibility index (Phi) is 2.72. The van der Waals surface area contributed by atoms with Crippen LogP contribution in [0.15, 0.2) is 18.3 Å². The highest BCUT2D eigenvalue weighted by Gasteiger charge is 2.05. The first-order valence-corrected chi connectivity index (χ1v) is 5.04. The molecule has 16 heavy (non-hydrogen) atoms. The predicted molar refractivity (Wildman–Crippen MR) is 58.6 cm³/mol. The second kappa shape index (κ2) is 4.18. The van der Waals surface area contributed by atoms with Crippen LogP contribution in [0.5, 0.6) is 0 Å². The third kappa shape index (κ3) is 2.10. The van der Waals surface area contributed by atoms with E-state index in [0.717, 1.165) is 18.5 Å². The number of carbonyl (C=O) groups is 1. The molecule has 2 aromatic rings. The molecular formula is C10H12N4O2. The normalized spacial score (nSPS) is 10.6. The summed E-state index contributed by atoms with van der Waals surface area (Å²) in [7, 11) is 0. The van der Waals surface area contributed by atoms with Crippen molar-refractivity contribution >= 4 is 17.6 Å². The van der Waals surface area contributed by atoms with Gasteiger partial charge in [-0.3, -0.25) is 5.32 Å². The number of rotatable bonds is 3. The van der Waals surface area contributed by atoms with Crippen LogP contribution in [0, 0.1) is 0 Å². The Morgan fingerprint density at radius 2 is 2.38 bits per heavy atom. The fourth-order valence-corrected chi connectivity index (χ4v) is 1.48. The Labute approximate surface area is 91.9 Å². The smallest absolute Gasteiger partial charge is 0.410 e. The van der Waals surface area contributed by atoms with Crippen molar-refractivity contribution in [1.29, 1.82) is 0 Å². The molecule has 6 nitrogen and oxygen atoms in total. The van der Waals surface area contributed by atoms with Crippen LogP contribution in [0.25, 0.3) is 5.65 Å². The van der Waals surface area contributed by atoms with Crippen molar-refractivity contribution < 1.29 is 9.90 Å². The first kappa shape index (κ1) is 10.4. The predicted octanol–water partition coefficient (Wildman–Crippen LogP) is 1.77. The molecule has 0 atom stereocenters. The molecule has 0 aliphatic carbocycles. The number of nitrogens with one attached hydrogen (secondary N) is 1. The third-order valence-electron chi connectivity index (χ3n) is 2.12. The van der Waals surface area contributed by atoms with Gasteiger partial charge < -0.3 is 5.11 Å². The quantitative estimate of drug-likeness (QED) is 0.826. The molecule has 0 spiro atoms. The number of hydrogen-bond donors (Lipinski definition) is 2. The molecule has 84 valence electrons. The van der Waals surface area contributed by atoms with E-state index < -0.39 is 6.09 Å². The van der Waals surface area contributed by atoms with Gasteiger partial charge in [0.2, 0.25) is 0 Å². The van der Waals surface area contributed by atoms with Crippen LogP contribution in [-0.4, -0.2) is 25.8 Å². The lowest BCUT2D eigenvalue weighted by Crippen LogP contribution is -2.07. The van der Waals surface area contributed by atoms with Crippen LogP contribution in [0.1, 0.15) is 19.0 Å². The molecule has 0 saturated carbocycles. The number of amides is 1. The lowest BCUT2D eigenvalue weighted by atomic mass is 10.2. The summed E-state index contributed by atoms with van der Waals surface area (Å²) in [5.41, 5.74) is 1.60. The van der Waals surface area contributed by atoms with Crippen LogP contribution >= 0.6 is 0 Å². The van der Waals surface area contributed by atoms with Gasteiger partial charge in [-0.15, -0.1) is 0 Å². The zero-order valence-corrected chi connectivity index (χ0v) is 8.84. The van der Waals surface area contributed by atoms with Gasteiger partial charge >= 0.3 is 6.09 Å². The highest BCUT2D eigenvalue weighted by atomic mass is 16.4. The molecule has 2 heterocycles. The molecule has 2 N–H and O–H groups in total. The summed E-state index contributed by atoms with van der Waals surface area (Å²) in [5.74, 6) is 0.286. The lowest BCUT2D eigenvalue weighted by Gasteiger charge is -1.97. The number of aryl methyl sites for hydroxylation is 1. The Hall–Kier alpha value is -2.11. The Bertz CT molecular complexity index is 521. The molecule has 0 aromatic carbocycles. The highest BCUT2D eigenvalue weighted by molar-refractivity contribution is 5.81. The van der Waals surface area contributed by atoms with Gasteiger partial charge in [0.05, 0.1) is 11.9 Å². The number of anilines is 1. The van der Waals surface area contributed by atoms with Crippen molar-refractivity contribution in [3.8, 4) is 0 Å². The van der Waals surface area contributed by atoms with E-state index in [1.807, 2.05) is 12.1 Å². The van der Waals surface area contributed by atoms with E-state index in [1.54, 1.807) is 10.7 Å². The first-order valence-electron chi connectivity index (χ1n) is 5.04. The van der Waals surface area contributed by atoms with E-state index in [0.29, 0.717) is 5.65 Å². The molecule has 1 amide bonds. The largest absolute Gasteiger partial charge is 0.465 e. The van der Waals surface area contributed by atoms with Crippen LogP contribution in [0.2, 0.25) is 0 Å². The minimum absolute atomic E-state index is 0.286. The fourth-order valence-electron chi connectivity index (χ4n) is 1.48. The Morgan fingerprint density at radius 3 is 3.06 bits per heavy atom. The Balaban J connectivity index is 2.34. The SMILES string of the molecule is CCCc1ccc2nc(NC(=O)O)cn2n1. The van der Waals surface area contributed by atoms with Gasteiger partial charge in [0.25, 0.3) is 0 Å². The van der Waals surface area contributed by atoms with Crippen molar-refractivity contribution in [2.24, 2.45) is 0 Å². The number of hydrogen-bond acceptors (Lipinski definition) is 3. The number of nitrogens with zero attached hydrogens (tertiary/aromatic N) is 3. The molecule has 0 fully saturated rings. The molecule has 0 aliphatic heterocycles. The van der Waals surface area contributed by atoms with E-state index >= 15 is 0 Å². The van der Waals surface area contributed by atoms with Gasteiger partial charge in [-0.05, 0) is 18.6 Å². The highest BCUT2D eigenvalue weighted by Crippen LogP contribution is 2.09. The standard InChI is InChI=1S/C10H12N4O2/c1-2-3-7-4-5-9-11-8(12-10(15)16)6-14(9)13-7/h4-6,12H,2-3H2,1H3,(H,15,16). The van der Waals surface area contributed by atoms with E-state index in [4.69, 9.17) is 5.11 Å². The zero-order chi connectivity index (χ0) is 11.5. The second-order valence-electron chi connectivity index (χ2n) is 3.43. The van der Waals surface area contributed by atoms with E-state index in [-0.39, 0.29) is 5.82 Å². The van der Waals surface area contributed by atoms with Crippen molar-refractivity contribution in [2.45, 2.75) is 19.8 Å². The third-order valence-corrected chi connectivity index (χ3v) is 2.12. The summed E-state index contributed by atoms with van der Waals surface area (Å²) in [5, 5.41) is 15.1. The Morgan fingerprint density at radius 1 is 1.56 bits per heavy atom. The van der Waals surface area contributed by atoms with Gasteiger partial charge in [0.1, 0.15) is 0 Å². The zero-order valence-electron chi connectivity index (χ0n) is 8.84. The van der Waals surface area contributed by atoms with Crippen molar-refractivity contribution in [1.82, 2.24) is 14.6 Å². The molecule has 2 aromatic heterocycles. The molecule has 0 saturated heterocycles. The molecule has 0 unspecified atom stereocenters. The molecular weight excluding hydrogens is 208 g/mol. The number of carboxylic acid groups (broad SMARTS) is 1. The topological polar surface area (TPSA) is 79.5 Å². The monoisotopic (exact) mass is 220 g/mol. The van der Waals surface area contributed by atoms with E-state index in [2.05, 4.69) is 22.3 Å². The molecule has 0 aliphatic rings. The van der Waals surface area contributed by atoms with Crippen LogP contribution in [-0.2, 0) is 6.42 Å². The van der Waals surface area contributed by atoms with Crippen molar-refractivity contribution in [3.63, 3.8) is 0 Å². The van der Waals surface area contributed by atoms with Gasteiger partial charge in [0, 0.05) is 0 Å². The molecule has 2 rings (SSSR count). The second-order valence-corrected chi connectivity index (χ2v) is 3.43. The van der Waals surface area contributed by atoms with Gasteiger partial charge in [-0.2, -0.15) is 5.10 Å². The summed E-state index contributed by atoms with van der Waals surface area (Å²) < 4.78 is 1.58. The maximum atomic E-state index is 10.4. The van der Waals surface area contributed by atoms with Crippen LogP contribution < -0.4 is 5.32 Å². The van der Waals surface area contributed by atoms with Crippen LogP contribution in [0.3, 0.4) is 0 Å². The van der Waals surface area contributed by atoms with Crippen molar-refractivity contribution in [2.75, 3.05) is 5.32 Å². The lowest BCUT2D eigenvalue weighted by molar-refractivity contribution is 0.209. The van der Waals surface area contributed by atoms with Crippen LogP contribution in [0.4, 0.5) is 10.6 Å². The maximum absolute atomic E-state index is 10.4.